The van der Waals surface area contributed by atoms with Gasteiger partial charge in [0.05, 0.1) is 11.4 Å². The number of benzene rings is 2. The van der Waals surface area contributed by atoms with E-state index in [9.17, 15) is 4.79 Å². The van der Waals surface area contributed by atoms with Crippen LogP contribution in [0.15, 0.2) is 60.7 Å². The molecule has 0 bridgehead atoms. The summed E-state index contributed by atoms with van der Waals surface area (Å²) in [6.45, 7) is 2.03. The third kappa shape index (κ3) is 2.51. The highest BCUT2D eigenvalue weighted by atomic mass is 16.4. The molecule has 4 heteroatoms. The van der Waals surface area contributed by atoms with Crippen LogP contribution in [0.4, 0.5) is 0 Å². The van der Waals surface area contributed by atoms with Crippen molar-refractivity contribution in [2.45, 2.75) is 6.54 Å². The molecular formula is C19H18N2O2. The quantitative estimate of drug-likeness (QED) is 0.805. The number of aromatic nitrogens is 1. The van der Waals surface area contributed by atoms with E-state index in [1.807, 2.05) is 24.3 Å². The first-order valence-electron chi connectivity index (χ1n) is 7.82. The zero-order valence-electron chi connectivity index (χ0n) is 12.7. The number of carboxylic acid groups (broad SMARTS) is 1. The topological polar surface area (TPSA) is 45.5 Å². The Kier molecular flexibility index (Phi) is 3.39. The van der Waals surface area contributed by atoms with Crippen molar-refractivity contribution >= 4 is 16.9 Å². The molecule has 4 nitrogen and oxygen atoms in total. The third-order valence-corrected chi connectivity index (χ3v) is 4.49. The number of fused-ring (bicyclic) bond motifs is 1. The zero-order valence-corrected chi connectivity index (χ0v) is 12.7. The van der Waals surface area contributed by atoms with E-state index in [0.29, 0.717) is 13.1 Å². The molecule has 2 aromatic carbocycles. The predicted molar refractivity (Wildman–Crippen MR) is 89.7 cm³/mol. The van der Waals surface area contributed by atoms with Crippen LogP contribution >= 0.6 is 0 Å². The van der Waals surface area contributed by atoms with Gasteiger partial charge in [0.1, 0.15) is 0 Å². The van der Waals surface area contributed by atoms with Gasteiger partial charge in [-0.2, -0.15) is 0 Å². The van der Waals surface area contributed by atoms with E-state index in [4.69, 9.17) is 5.11 Å². The SMILES string of the molecule is O=C(O)C1CN(Cc2cc3ccccc3n2-c2ccccc2)C1. The van der Waals surface area contributed by atoms with E-state index in [1.165, 1.54) is 16.6 Å². The van der Waals surface area contributed by atoms with Crippen LogP contribution in [0.5, 0.6) is 0 Å². The van der Waals surface area contributed by atoms with Gasteiger partial charge in [-0.05, 0) is 24.3 Å². The Morgan fingerprint density at radius 2 is 1.74 bits per heavy atom. The molecule has 0 spiro atoms. The summed E-state index contributed by atoms with van der Waals surface area (Å²) in [5, 5.41) is 10.2. The molecule has 1 aromatic heterocycles. The molecule has 1 fully saturated rings. The number of rotatable bonds is 4. The van der Waals surface area contributed by atoms with Gasteiger partial charge < -0.3 is 9.67 Å². The van der Waals surface area contributed by atoms with Crippen molar-refractivity contribution in [2.75, 3.05) is 13.1 Å². The standard InChI is InChI=1S/C19H18N2O2/c22-19(23)15-11-20(12-15)13-17-10-14-6-4-5-9-18(14)21(17)16-7-2-1-3-8-16/h1-10,15H,11-13H2,(H,22,23). The van der Waals surface area contributed by atoms with E-state index < -0.39 is 5.97 Å². The fourth-order valence-corrected chi connectivity index (χ4v) is 3.29. The van der Waals surface area contributed by atoms with Crippen molar-refractivity contribution in [1.29, 1.82) is 0 Å². The van der Waals surface area contributed by atoms with Crippen LogP contribution < -0.4 is 0 Å². The minimum atomic E-state index is -0.690. The van der Waals surface area contributed by atoms with Crippen LogP contribution in [0.1, 0.15) is 5.69 Å². The Balaban J connectivity index is 1.70. The second-order valence-corrected chi connectivity index (χ2v) is 6.09. The molecule has 1 aliphatic rings. The van der Waals surface area contributed by atoms with Gasteiger partial charge in [-0.3, -0.25) is 9.69 Å². The first kappa shape index (κ1) is 14.0. The Morgan fingerprint density at radius 1 is 1.04 bits per heavy atom. The summed E-state index contributed by atoms with van der Waals surface area (Å²) in [5.41, 5.74) is 3.52. The summed E-state index contributed by atoms with van der Waals surface area (Å²) >= 11 is 0. The maximum Gasteiger partial charge on any atom is 0.309 e. The molecule has 0 aliphatic carbocycles. The van der Waals surface area contributed by atoms with E-state index in [1.54, 1.807) is 0 Å². The lowest BCUT2D eigenvalue weighted by Crippen LogP contribution is -2.49. The van der Waals surface area contributed by atoms with Crippen molar-refractivity contribution in [3.63, 3.8) is 0 Å². The average Bonchev–Trinajstić information content (AvgIpc) is 2.89. The summed E-state index contributed by atoms with van der Waals surface area (Å²) in [5.74, 6) is -0.908. The molecule has 1 N–H and O–H groups in total. The van der Waals surface area contributed by atoms with Crippen molar-refractivity contribution in [3.05, 3.63) is 66.4 Å². The Bertz CT molecular complexity index is 848. The summed E-state index contributed by atoms with van der Waals surface area (Å²) in [4.78, 5) is 13.2. The first-order chi connectivity index (χ1) is 11.2. The average molecular weight is 306 g/mol. The smallest absolute Gasteiger partial charge is 0.309 e. The lowest BCUT2D eigenvalue weighted by atomic mass is 10.0. The molecule has 116 valence electrons. The van der Waals surface area contributed by atoms with Crippen LogP contribution in [0.2, 0.25) is 0 Å². The van der Waals surface area contributed by atoms with E-state index >= 15 is 0 Å². The molecule has 0 amide bonds. The lowest BCUT2D eigenvalue weighted by molar-refractivity contribution is -0.147. The maximum absolute atomic E-state index is 11.0. The summed E-state index contributed by atoms with van der Waals surface area (Å²) < 4.78 is 2.27. The monoisotopic (exact) mass is 306 g/mol. The molecule has 0 radical (unpaired) electrons. The third-order valence-electron chi connectivity index (χ3n) is 4.49. The van der Waals surface area contributed by atoms with Gasteiger partial charge in [0.25, 0.3) is 0 Å². The zero-order chi connectivity index (χ0) is 15.8. The molecule has 0 atom stereocenters. The fraction of sp³-hybridized carbons (Fsp3) is 0.211. The molecule has 4 rings (SSSR count). The molecule has 0 saturated carbocycles. The molecular weight excluding hydrogens is 288 g/mol. The molecule has 3 aromatic rings. The van der Waals surface area contributed by atoms with E-state index in [-0.39, 0.29) is 5.92 Å². The van der Waals surface area contributed by atoms with Gasteiger partial charge in [0.15, 0.2) is 0 Å². The Morgan fingerprint density at radius 3 is 2.48 bits per heavy atom. The van der Waals surface area contributed by atoms with Gasteiger partial charge in [-0.15, -0.1) is 0 Å². The lowest BCUT2D eigenvalue weighted by Gasteiger charge is -2.36. The maximum atomic E-state index is 11.0. The highest BCUT2D eigenvalue weighted by Crippen LogP contribution is 2.27. The largest absolute Gasteiger partial charge is 0.481 e. The van der Waals surface area contributed by atoms with Crippen molar-refractivity contribution in [1.82, 2.24) is 9.47 Å². The second kappa shape index (κ2) is 5.56. The number of aliphatic carboxylic acids is 1. The molecule has 2 heterocycles. The number of hydrogen-bond donors (Lipinski definition) is 1. The van der Waals surface area contributed by atoms with E-state index in [0.717, 1.165) is 12.2 Å². The summed E-state index contributed by atoms with van der Waals surface area (Å²) in [6.07, 6.45) is 0. The number of hydrogen-bond acceptors (Lipinski definition) is 2. The molecule has 0 unspecified atom stereocenters. The van der Waals surface area contributed by atoms with Crippen LogP contribution in [0.3, 0.4) is 0 Å². The normalized spacial score (nSPS) is 15.7. The van der Waals surface area contributed by atoms with Gasteiger partial charge in [0.2, 0.25) is 0 Å². The second-order valence-electron chi connectivity index (χ2n) is 6.09. The minimum absolute atomic E-state index is 0.218. The highest BCUT2D eigenvalue weighted by Gasteiger charge is 2.32. The Hall–Kier alpha value is -2.59. The van der Waals surface area contributed by atoms with Gasteiger partial charge in [0, 0.05) is 36.4 Å². The van der Waals surface area contributed by atoms with Gasteiger partial charge in [-0.25, -0.2) is 0 Å². The minimum Gasteiger partial charge on any atom is -0.481 e. The summed E-state index contributed by atoms with van der Waals surface area (Å²) in [6, 6.07) is 20.9. The van der Waals surface area contributed by atoms with Gasteiger partial charge >= 0.3 is 5.97 Å². The van der Waals surface area contributed by atoms with Crippen molar-refractivity contribution < 1.29 is 9.90 Å². The molecule has 1 aliphatic heterocycles. The van der Waals surface area contributed by atoms with Crippen LogP contribution in [-0.2, 0) is 11.3 Å². The van der Waals surface area contributed by atoms with Crippen LogP contribution in [0.25, 0.3) is 16.6 Å². The number of nitrogens with zero attached hydrogens (tertiary/aromatic N) is 2. The van der Waals surface area contributed by atoms with Crippen molar-refractivity contribution in [2.24, 2.45) is 5.92 Å². The van der Waals surface area contributed by atoms with Crippen LogP contribution in [0, 0.1) is 5.92 Å². The van der Waals surface area contributed by atoms with Crippen LogP contribution in [-0.4, -0.2) is 33.6 Å². The molecule has 1 saturated heterocycles. The first-order valence-corrected chi connectivity index (χ1v) is 7.82. The van der Waals surface area contributed by atoms with E-state index in [2.05, 4.69) is 45.9 Å². The molecule has 23 heavy (non-hydrogen) atoms. The Labute approximate surface area is 134 Å². The fourth-order valence-electron chi connectivity index (χ4n) is 3.29. The van der Waals surface area contributed by atoms with Gasteiger partial charge in [-0.1, -0.05) is 36.4 Å². The number of likely N-dealkylation sites (tertiary alicyclic amines) is 1. The number of carboxylic acids is 1. The highest BCUT2D eigenvalue weighted by molar-refractivity contribution is 5.83. The number of carbonyl (C=O) groups is 1. The summed E-state index contributed by atoms with van der Waals surface area (Å²) in [7, 11) is 0. The van der Waals surface area contributed by atoms with Crippen molar-refractivity contribution in [3.8, 4) is 5.69 Å². The predicted octanol–water partition coefficient (Wildman–Crippen LogP) is 3.15. The number of para-hydroxylation sites is 2.